The van der Waals surface area contributed by atoms with Gasteiger partial charge in [-0.3, -0.25) is 4.79 Å². The van der Waals surface area contributed by atoms with Gasteiger partial charge in [0, 0.05) is 24.1 Å². The van der Waals surface area contributed by atoms with Crippen molar-refractivity contribution in [3.05, 3.63) is 29.0 Å². The van der Waals surface area contributed by atoms with Gasteiger partial charge in [0.2, 0.25) is 0 Å². The Morgan fingerprint density at radius 1 is 1.56 bits per heavy atom. The van der Waals surface area contributed by atoms with Gasteiger partial charge in [0.25, 0.3) is 5.91 Å². The molecule has 0 bridgehead atoms. The molecule has 1 aliphatic rings. The van der Waals surface area contributed by atoms with Gasteiger partial charge in [-0.25, -0.2) is 4.98 Å². The molecule has 0 atom stereocenters. The van der Waals surface area contributed by atoms with E-state index < -0.39 is 0 Å². The van der Waals surface area contributed by atoms with Crippen LogP contribution in [0.4, 0.5) is 0 Å². The summed E-state index contributed by atoms with van der Waals surface area (Å²) in [5.41, 5.74) is 0.470. The monoisotopic (exact) mass is 302 g/mol. The Hall–Kier alpha value is -0.610. The summed E-state index contributed by atoms with van der Waals surface area (Å²) in [7, 11) is 0. The molecule has 86 valence electrons. The Bertz CT molecular complexity index is 378. The van der Waals surface area contributed by atoms with E-state index in [9.17, 15) is 4.79 Å². The summed E-state index contributed by atoms with van der Waals surface area (Å²) in [5.74, 6) is -0.00128. The Morgan fingerprint density at radius 2 is 2.31 bits per heavy atom. The van der Waals surface area contributed by atoms with E-state index in [4.69, 9.17) is 11.6 Å². The standard InChI is InChI=1S/C11H12BrClN2O/c12-5-6-15(9-2-3-9)11(16)10-4-1-8(13)7-14-10/h1,4,7,9H,2-3,5-6H2. The first kappa shape index (κ1) is 11.9. The van der Waals surface area contributed by atoms with Crippen molar-refractivity contribution in [1.29, 1.82) is 0 Å². The predicted octanol–water partition coefficient (Wildman–Crippen LogP) is 2.73. The molecule has 1 aromatic rings. The molecule has 5 heteroatoms. The van der Waals surface area contributed by atoms with Gasteiger partial charge in [-0.15, -0.1) is 0 Å². The summed E-state index contributed by atoms with van der Waals surface area (Å²) >= 11 is 9.10. The molecule has 1 saturated carbocycles. The maximum Gasteiger partial charge on any atom is 0.272 e. The highest BCUT2D eigenvalue weighted by molar-refractivity contribution is 9.09. The second kappa shape index (κ2) is 5.15. The van der Waals surface area contributed by atoms with Crippen LogP contribution in [0.5, 0.6) is 0 Å². The van der Waals surface area contributed by atoms with Crippen molar-refractivity contribution in [3.8, 4) is 0 Å². The fourth-order valence-electron chi connectivity index (χ4n) is 1.58. The second-order valence-electron chi connectivity index (χ2n) is 3.78. The molecule has 1 amide bonds. The highest BCUT2D eigenvalue weighted by Crippen LogP contribution is 2.28. The number of carbonyl (C=O) groups excluding carboxylic acids is 1. The number of hydrogen-bond donors (Lipinski definition) is 0. The quantitative estimate of drug-likeness (QED) is 0.801. The third-order valence-electron chi connectivity index (χ3n) is 2.52. The maximum atomic E-state index is 12.1. The van der Waals surface area contributed by atoms with Crippen molar-refractivity contribution >= 4 is 33.4 Å². The van der Waals surface area contributed by atoms with Gasteiger partial charge in [0.15, 0.2) is 0 Å². The van der Waals surface area contributed by atoms with Crippen LogP contribution < -0.4 is 0 Å². The van der Waals surface area contributed by atoms with Gasteiger partial charge in [-0.05, 0) is 25.0 Å². The number of hydrogen-bond acceptors (Lipinski definition) is 2. The van der Waals surface area contributed by atoms with Crippen molar-refractivity contribution in [2.24, 2.45) is 0 Å². The fourth-order valence-corrected chi connectivity index (χ4v) is 2.07. The lowest BCUT2D eigenvalue weighted by molar-refractivity contribution is 0.0749. The zero-order valence-corrected chi connectivity index (χ0v) is 11.0. The molecule has 0 aliphatic heterocycles. The molecule has 16 heavy (non-hydrogen) atoms. The number of carbonyl (C=O) groups is 1. The summed E-state index contributed by atoms with van der Waals surface area (Å²) in [4.78, 5) is 18.1. The molecule has 0 spiro atoms. The Balaban J connectivity index is 2.12. The van der Waals surface area contributed by atoms with Gasteiger partial charge < -0.3 is 4.90 Å². The first-order chi connectivity index (χ1) is 7.72. The van der Waals surface area contributed by atoms with Crippen LogP contribution in [0, 0.1) is 0 Å². The molecule has 0 aromatic carbocycles. The molecule has 1 fully saturated rings. The Kier molecular flexibility index (Phi) is 3.82. The minimum atomic E-state index is -0.00128. The third-order valence-corrected chi connectivity index (χ3v) is 3.10. The first-order valence-corrected chi connectivity index (χ1v) is 6.71. The van der Waals surface area contributed by atoms with Gasteiger partial charge in [-0.1, -0.05) is 27.5 Å². The number of aromatic nitrogens is 1. The van der Waals surface area contributed by atoms with E-state index in [1.54, 1.807) is 12.1 Å². The summed E-state index contributed by atoms with van der Waals surface area (Å²) in [6, 6.07) is 3.78. The highest BCUT2D eigenvalue weighted by Gasteiger charge is 2.32. The number of pyridine rings is 1. The average Bonchev–Trinajstić information content (AvgIpc) is 3.10. The van der Waals surface area contributed by atoms with Gasteiger partial charge in [0.05, 0.1) is 5.02 Å². The molecule has 0 unspecified atom stereocenters. The second-order valence-corrected chi connectivity index (χ2v) is 5.01. The molecule has 1 aromatic heterocycles. The van der Waals surface area contributed by atoms with Crippen LogP contribution in [0.25, 0.3) is 0 Å². The van der Waals surface area contributed by atoms with Crippen molar-refractivity contribution < 1.29 is 4.79 Å². The van der Waals surface area contributed by atoms with Crippen LogP contribution in [0.1, 0.15) is 23.3 Å². The van der Waals surface area contributed by atoms with Crippen LogP contribution in [0.15, 0.2) is 18.3 Å². The normalized spacial score (nSPS) is 14.9. The SMILES string of the molecule is O=C(c1ccc(Cl)cn1)N(CCBr)C1CC1. The lowest BCUT2D eigenvalue weighted by Gasteiger charge is -2.20. The van der Waals surface area contributed by atoms with E-state index in [1.165, 1.54) is 6.20 Å². The highest BCUT2D eigenvalue weighted by atomic mass is 79.9. The maximum absolute atomic E-state index is 12.1. The molecule has 1 aliphatic carbocycles. The summed E-state index contributed by atoms with van der Waals surface area (Å²) in [6.07, 6.45) is 3.71. The van der Waals surface area contributed by atoms with E-state index >= 15 is 0 Å². The summed E-state index contributed by atoms with van der Waals surface area (Å²) in [5, 5.41) is 1.35. The molecule has 3 nitrogen and oxygen atoms in total. The number of rotatable bonds is 4. The van der Waals surface area contributed by atoms with Crippen molar-refractivity contribution in [2.45, 2.75) is 18.9 Å². The number of amides is 1. The minimum Gasteiger partial charge on any atom is -0.333 e. The third kappa shape index (κ3) is 2.74. The summed E-state index contributed by atoms with van der Waals surface area (Å²) in [6.45, 7) is 0.730. The first-order valence-electron chi connectivity index (χ1n) is 5.21. The van der Waals surface area contributed by atoms with E-state index in [0.717, 1.165) is 24.7 Å². The topological polar surface area (TPSA) is 33.2 Å². The van der Waals surface area contributed by atoms with Crippen LogP contribution in [0.3, 0.4) is 0 Å². The van der Waals surface area contributed by atoms with Crippen molar-refractivity contribution in [2.75, 3.05) is 11.9 Å². The van der Waals surface area contributed by atoms with Crippen molar-refractivity contribution in [1.82, 2.24) is 9.88 Å². The molecular formula is C11H12BrClN2O. The lowest BCUT2D eigenvalue weighted by atomic mass is 10.3. The van der Waals surface area contributed by atoms with E-state index in [0.29, 0.717) is 16.8 Å². The Labute approximate surface area is 108 Å². The van der Waals surface area contributed by atoms with Gasteiger partial charge in [0.1, 0.15) is 5.69 Å². The largest absolute Gasteiger partial charge is 0.333 e. The van der Waals surface area contributed by atoms with E-state index in [-0.39, 0.29) is 5.91 Å². The van der Waals surface area contributed by atoms with Crippen LogP contribution in [-0.2, 0) is 0 Å². The Morgan fingerprint density at radius 3 is 2.81 bits per heavy atom. The van der Waals surface area contributed by atoms with Gasteiger partial charge in [-0.2, -0.15) is 0 Å². The zero-order chi connectivity index (χ0) is 11.5. The molecule has 0 N–H and O–H groups in total. The lowest BCUT2D eigenvalue weighted by Crippen LogP contribution is -2.35. The molecule has 0 saturated heterocycles. The minimum absolute atomic E-state index is 0.00128. The fraction of sp³-hybridized carbons (Fsp3) is 0.455. The van der Waals surface area contributed by atoms with Crippen LogP contribution >= 0.6 is 27.5 Å². The molecule has 1 heterocycles. The van der Waals surface area contributed by atoms with E-state index in [1.807, 2.05) is 4.90 Å². The molecular weight excluding hydrogens is 291 g/mol. The summed E-state index contributed by atoms with van der Waals surface area (Å²) < 4.78 is 0. The van der Waals surface area contributed by atoms with E-state index in [2.05, 4.69) is 20.9 Å². The van der Waals surface area contributed by atoms with Crippen LogP contribution in [0.2, 0.25) is 5.02 Å². The van der Waals surface area contributed by atoms with Crippen molar-refractivity contribution in [3.63, 3.8) is 0 Å². The molecule has 0 radical (unpaired) electrons. The smallest absolute Gasteiger partial charge is 0.272 e. The predicted molar refractivity (Wildman–Crippen MR) is 67.1 cm³/mol. The van der Waals surface area contributed by atoms with Crippen LogP contribution in [-0.4, -0.2) is 33.7 Å². The number of alkyl halides is 1. The number of nitrogens with zero attached hydrogens (tertiary/aromatic N) is 2. The zero-order valence-electron chi connectivity index (χ0n) is 8.70. The average molecular weight is 304 g/mol. The number of halogens is 2. The molecule has 2 rings (SSSR count). The van der Waals surface area contributed by atoms with Gasteiger partial charge >= 0.3 is 0 Å².